The molecule has 2 aromatic carbocycles. The fraction of sp³-hybridized carbons (Fsp3) is 0.294. The van der Waals surface area contributed by atoms with Crippen LogP contribution in [-0.2, 0) is 16.4 Å². The van der Waals surface area contributed by atoms with Gasteiger partial charge in [0, 0.05) is 19.6 Å². The van der Waals surface area contributed by atoms with E-state index in [0.717, 1.165) is 11.6 Å². The predicted molar refractivity (Wildman–Crippen MR) is 96.3 cm³/mol. The van der Waals surface area contributed by atoms with Gasteiger partial charge in [-0.25, -0.2) is 12.8 Å². The van der Waals surface area contributed by atoms with Crippen LogP contribution >= 0.6 is 12.4 Å². The number of halogens is 2. The van der Waals surface area contributed by atoms with E-state index < -0.39 is 15.8 Å². The number of nitrogens with zero attached hydrogens (tertiary/aromatic N) is 1. The summed E-state index contributed by atoms with van der Waals surface area (Å²) in [5.41, 5.74) is 7.12. The van der Waals surface area contributed by atoms with Crippen molar-refractivity contribution in [2.24, 2.45) is 5.73 Å². The average molecular weight is 373 g/mol. The molecule has 132 valence electrons. The van der Waals surface area contributed by atoms with E-state index in [1.54, 1.807) is 6.92 Å². The molecule has 0 amide bonds. The summed E-state index contributed by atoms with van der Waals surface area (Å²) in [4.78, 5) is -0.000915. The van der Waals surface area contributed by atoms with Crippen LogP contribution in [-0.4, -0.2) is 32.4 Å². The van der Waals surface area contributed by atoms with Gasteiger partial charge in [-0.15, -0.1) is 12.4 Å². The maximum absolute atomic E-state index is 13.5. The molecule has 0 atom stereocenters. The fourth-order valence-electron chi connectivity index (χ4n) is 2.39. The smallest absolute Gasteiger partial charge is 0.243 e. The molecule has 2 N–H and O–H groups in total. The highest BCUT2D eigenvalue weighted by atomic mass is 35.5. The second-order valence-corrected chi connectivity index (χ2v) is 7.24. The summed E-state index contributed by atoms with van der Waals surface area (Å²) in [6.45, 7) is 2.37. The summed E-state index contributed by atoms with van der Waals surface area (Å²) < 4.78 is 40.4. The summed E-state index contributed by atoms with van der Waals surface area (Å²) in [5, 5.41) is 0. The number of nitrogens with two attached hydrogens (primary N) is 1. The molecular weight excluding hydrogens is 351 g/mol. The molecule has 7 heteroatoms. The molecule has 0 aliphatic rings. The highest BCUT2D eigenvalue weighted by molar-refractivity contribution is 7.89. The molecule has 0 saturated heterocycles. The number of aryl methyl sites for hydroxylation is 1. The van der Waals surface area contributed by atoms with Crippen molar-refractivity contribution >= 4 is 22.4 Å². The predicted octanol–water partition coefficient (Wildman–Crippen LogP) is 2.75. The number of sulfonamides is 1. The monoisotopic (exact) mass is 372 g/mol. The lowest BCUT2D eigenvalue weighted by atomic mass is 10.1. The van der Waals surface area contributed by atoms with Crippen molar-refractivity contribution in [1.82, 2.24) is 4.31 Å². The van der Waals surface area contributed by atoms with Crippen LogP contribution in [0.25, 0.3) is 0 Å². The van der Waals surface area contributed by atoms with Gasteiger partial charge in [0.2, 0.25) is 10.0 Å². The van der Waals surface area contributed by atoms with Crippen molar-refractivity contribution in [3.05, 3.63) is 65.5 Å². The zero-order valence-electron chi connectivity index (χ0n) is 13.5. The van der Waals surface area contributed by atoms with Crippen molar-refractivity contribution < 1.29 is 12.8 Å². The zero-order valence-corrected chi connectivity index (χ0v) is 15.1. The summed E-state index contributed by atoms with van der Waals surface area (Å²) in [5.74, 6) is -0.565. The van der Waals surface area contributed by atoms with Gasteiger partial charge in [-0.05, 0) is 36.6 Å². The van der Waals surface area contributed by atoms with Crippen molar-refractivity contribution in [3.8, 4) is 0 Å². The number of hydrogen-bond acceptors (Lipinski definition) is 3. The lowest BCUT2D eigenvalue weighted by molar-refractivity contribution is 0.421. The van der Waals surface area contributed by atoms with Crippen LogP contribution in [0.3, 0.4) is 0 Å². The summed E-state index contributed by atoms with van der Waals surface area (Å²) >= 11 is 0. The van der Waals surface area contributed by atoms with Crippen LogP contribution in [0.2, 0.25) is 0 Å². The number of hydrogen-bond donors (Lipinski definition) is 1. The normalized spacial score (nSPS) is 11.3. The van der Waals surface area contributed by atoms with Crippen LogP contribution in [0.4, 0.5) is 4.39 Å². The molecule has 2 aromatic rings. The van der Waals surface area contributed by atoms with Gasteiger partial charge < -0.3 is 5.73 Å². The third kappa shape index (κ3) is 5.01. The quantitative estimate of drug-likeness (QED) is 0.812. The molecule has 0 aliphatic heterocycles. The first-order valence-electron chi connectivity index (χ1n) is 7.45. The summed E-state index contributed by atoms with van der Waals surface area (Å²) in [6.07, 6.45) is 0.578. The van der Waals surface area contributed by atoms with E-state index in [4.69, 9.17) is 5.73 Å². The Morgan fingerprint density at radius 2 is 1.75 bits per heavy atom. The minimum absolute atomic E-state index is 0. The molecule has 0 spiro atoms. The summed E-state index contributed by atoms with van der Waals surface area (Å²) in [6, 6.07) is 13.4. The van der Waals surface area contributed by atoms with Crippen LogP contribution in [0.5, 0.6) is 0 Å². The van der Waals surface area contributed by atoms with E-state index in [-0.39, 0.29) is 30.4 Å². The maximum Gasteiger partial charge on any atom is 0.243 e. The molecule has 0 saturated carbocycles. The van der Waals surface area contributed by atoms with Crippen molar-refractivity contribution in [3.63, 3.8) is 0 Å². The SMILES string of the molecule is Cc1ccc(F)cc1S(=O)(=O)N(CCN)CCc1ccccc1.Cl. The second kappa shape index (κ2) is 9.13. The van der Waals surface area contributed by atoms with Gasteiger partial charge in [0.15, 0.2) is 0 Å². The third-order valence-electron chi connectivity index (χ3n) is 3.64. The standard InChI is InChI=1S/C17H21FN2O2S.ClH/c1-14-7-8-16(18)13-17(14)23(21,22)20(12-10-19)11-9-15-5-3-2-4-6-15;/h2-8,13H,9-12,19H2,1H3;1H. The Bertz CT molecular complexity index is 754. The molecule has 0 radical (unpaired) electrons. The van der Waals surface area contributed by atoms with Crippen LogP contribution in [0.1, 0.15) is 11.1 Å². The zero-order chi connectivity index (χ0) is 16.9. The first-order chi connectivity index (χ1) is 10.9. The Morgan fingerprint density at radius 3 is 2.38 bits per heavy atom. The van der Waals surface area contributed by atoms with E-state index in [1.807, 2.05) is 30.3 Å². The van der Waals surface area contributed by atoms with E-state index in [1.165, 1.54) is 16.4 Å². The van der Waals surface area contributed by atoms with Gasteiger partial charge in [-0.3, -0.25) is 0 Å². The first kappa shape index (κ1) is 20.6. The lowest BCUT2D eigenvalue weighted by Crippen LogP contribution is -2.37. The van der Waals surface area contributed by atoms with Gasteiger partial charge >= 0.3 is 0 Å². The van der Waals surface area contributed by atoms with E-state index in [9.17, 15) is 12.8 Å². The molecule has 2 rings (SSSR count). The second-order valence-electron chi connectivity index (χ2n) is 5.34. The number of benzene rings is 2. The third-order valence-corrected chi connectivity index (χ3v) is 5.68. The molecule has 0 aromatic heterocycles. The Morgan fingerprint density at radius 1 is 1.08 bits per heavy atom. The lowest BCUT2D eigenvalue weighted by Gasteiger charge is -2.22. The topological polar surface area (TPSA) is 63.4 Å². The average Bonchev–Trinajstić information content (AvgIpc) is 2.54. The Labute approximate surface area is 148 Å². The molecule has 0 unspecified atom stereocenters. The molecule has 0 heterocycles. The van der Waals surface area contributed by atoms with E-state index >= 15 is 0 Å². The van der Waals surface area contributed by atoms with Gasteiger partial charge in [-0.2, -0.15) is 4.31 Å². The van der Waals surface area contributed by atoms with E-state index in [0.29, 0.717) is 18.5 Å². The molecule has 0 aliphatic carbocycles. The van der Waals surface area contributed by atoms with Gasteiger partial charge in [-0.1, -0.05) is 36.4 Å². The molecule has 0 bridgehead atoms. The molecule has 4 nitrogen and oxygen atoms in total. The van der Waals surface area contributed by atoms with Crippen molar-refractivity contribution in [2.75, 3.05) is 19.6 Å². The Balaban J connectivity index is 0.00000288. The van der Waals surface area contributed by atoms with Gasteiger partial charge in [0.05, 0.1) is 4.90 Å². The summed E-state index contributed by atoms with van der Waals surface area (Å²) in [7, 11) is -3.77. The largest absolute Gasteiger partial charge is 0.329 e. The van der Waals surface area contributed by atoms with E-state index in [2.05, 4.69) is 0 Å². The van der Waals surface area contributed by atoms with Crippen LogP contribution in [0.15, 0.2) is 53.4 Å². The molecule has 24 heavy (non-hydrogen) atoms. The highest BCUT2D eigenvalue weighted by Crippen LogP contribution is 2.21. The number of rotatable bonds is 7. The minimum Gasteiger partial charge on any atom is -0.329 e. The van der Waals surface area contributed by atoms with Gasteiger partial charge in [0.1, 0.15) is 5.82 Å². The molecule has 0 fully saturated rings. The Hall–Kier alpha value is -1.47. The minimum atomic E-state index is -3.77. The Kier molecular flexibility index (Phi) is 7.83. The molecular formula is C17H22ClFN2O2S. The highest BCUT2D eigenvalue weighted by Gasteiger charge is 2.25. The van der Waals surface area contributed by atoms with Crippen LogP contribution < -0.4 is 5.73 Å². The maximum atomic E-state index is 13.5. The van der Waals surface area contributed by atoms with Crippen LogP contribution in [0, 0.1) is 12.7 Å². The van der Waals surface area contributed by atoms with Crippen molar-refractivity contribution in [1.29, 1.82) is 0 Å². The first-order valence-corrected chi connectivity index (χ1v) is 8.89. The van der Waals surface area contributed by atoms with Crippen molar-refractivity contribution in [2.45, 2.75) is 18.2 Å². The fourth-order valence-corrected chi connectivity index (χ4v) is 4.08. The van der Waals surface area contributed by atoms with Gasteiger partial charge in [0.25, 0.3) is 0 Å².